The first-order valence-electron chi connectivity index (χ1n) is 13.8. The van der Waals surface area contributed by atoms with Gasteiger partial charge in [-0.2, -0.15) is 0 Å². The summed E-state index contributed by atoms with van der Waals surface area (Å²) < 4.78 is 16.0. The highest BCUT2D eigenvalue weighted by Gasteiger charge is 2.64. The van der Waals surface area contributed by atoms with Crippen LogP contribution in [0.3, 0.4) is 0 Å². The van der Waals surface area contributed by atoms with Gasteiger partial charge in [0.15, 0.2) is 11.4 Å². The third kappa shape index (κ3) is 4.15. The molecule has 4 atom stereocenters. The number of benzene rings is 2. The number of aryl methyl sites for hydroxylation is 1. The Kier molecular flexibility index (Phi) is 6.98. The van der Waals surface area contributed by atoms with Crippen molar-refractivity contribution in [1.82, 2.24) is 4.90 Å². The number of aromatic hydroxyl groups is 1. The molecule has 9 nitrogen and oxygen atoms in total. The molecule has 10 heteroatoms. The lowest BCUT2D eigenvalue weighted by atomic mass is 9.57. The van der Waals surface area contributed by atoms with Crippen LogP contribution in [0.5, 0.6) is 5.75 Å². The fraction of sp³-hybridized carbons (Fsp3) is 0.452. The van der Waals surface area contributed by atoms with Gasteiger partial charge in [-0.1, -0.05) is 32.4 Å². The van der Waals surface area contributed by atoms with Crippen molar-refractivity contribution in [2.75, 3.05) is 14.1 Å². The van der Waals surface area contributed by atoms with Gasteiger partial charge >= 0.3 is 0 Å². The van der Waals surface area contributed by atoms with Gasteiger partial charge in [-0.25, -0.2) is 4.39 Å². The predicted octanol–water partition coefficient (Wildman–Crippen LogP) is 3.24. The van der Waals surface area contributed by atoms with Gasteiger partial charge < -0.3 is 26.2 Å². The maximum absolute atomic E-state index is 16.0. The number of aliphatic hydroxyl groups is 3. The van der Waals surface area contributed by atoms with Crippen molar-refractivity contribution in [3.63, 3.8) is 0 Å². The van der Waals surface area contributed by atoms with Crippen LogP contribution in [0.4, 0.5) is 4.39 Å². The number of likely N-dealkylation sites (N-methyl/N-ethyl adjacent to an activating group) is 1. The molecule has 0 radical (unpaired) electrons. The molecule has 3 aliphatic carbocycles. The average molecular weight is 567 g/mol. The van der Waals surface area contributed by atoms with Gasteiger partial charge in [-0.05, 0) is 63.2 Å². The van der Waals surface area contributed by atoms with Gasteiger partial charge in [0, 0.05) is 27.8 Å². The number of rotatable bonds is 6. The fourth-order valence-electron chi connectivity index (χ4n) is 6.98. The number of fused-ring (bicyclic) bond motifs is 4. The summed E-state index contributed by atoms with van der Waals surface area (Å²) in [7, 11) is 3.04. The molecule has 0 bridgehead atoms. The Bertz CT molecular complexity index is 1570. The number of halogens is 1. The second kappa shape index (κ2) is 9.95. The van der Waals surface area contributed by atoms with Crippen LogP contribution in [0.2, 0.25) is 0 Å². The minimum Gasteiger partial charge on any atom is -0.508 e. The molecule has 6 N–H and O–H groups in total. The second-order valence-corrected chi connectivity index (χ2v) is 12.1. The third-order valence-electron chi connectivity index (χ3n) is 8.94. The Hall–Kier alpha value is -3.76. The van der Waals surface area contributed by atoms with Crippen molar-refractivity contribution in [3.8, 4) is 5.75 Å². The molecule has 1 saturated carbocycles. The van der Waals surface area contributed by atoms with E-state index < -0.39 is 69.6 Å². The Labute approximate surface area is 236 Å². The molecule has 3 aliphatic rings. The van der Waals surface area contributed by atoms with E-state index in [-0.39, 0.29) is 40.3 Å². The maximum atomic E-state index is 16.0. The number of phenols is 1. The molecule has 0 aromatic heterocycles. The molecule has 0 unspecified atom stereocenters. The SMILES string of the molecule is CC(C)CCCc1ccc2c(F)c3c(c(O)c2c1)C(O)=C1C(=O)[C@]2(O)C(O)=C(C(N)=O)C(=O)[C@@H](N(C)C)[C@@H]2C[C@@H]1C3. The summed E-state index contributed by atoms with van der Waals surface area (Å²) in [6.07, 6.45) is 2.43. The van der Waals surface area contributed by atoms with Crippen LogP contribution in [0.25, 0.3) is 16.5 Å². The molecular formula is C31H35FN2O7. The number of hydrogen-bond acceptors (Lipinski definition) is 8. The highest BCUT2D eigenvalue weighted by molar-refractivity contribution is 6.24. The molecule has 0 spiro atoms. The zero-order chi connectivity index (χ0) is 30.1. The first kappa shape index (κ1) is 28.8. The number of carbonyl (C=O) groups excluding carboxylic acids is 3. The number of nitrogens with two attached hydrogens (primary N) is 1. The van der Waals surface area contributed by atoms with Gasteiger partial charge in [-0.3, -0.25) is 19.3 Å². The molecule has 41 heavy (non-hydrogen) atoms. The van der Waals surface area contributed by atoms with Crippen molar-refractivity contribution >= 4 is 34.0 Å². The average Bonchev–Trinajstić information content (AvgIpc) is 2.88. The molecule has 0 aliphatic heterocycles. The highest BCUT2D eigenvalue weighted by Crippen LogP contribution is 2.53. The summed E-state index contributed by atoms with van der Waals surface area (Å²) in [6.45, 7) is 4.25. The van der Waals surface area contributed by atoms with E-state index in [1.165, 1.54) is 19.0 Å². The molecule has 2 aromatic carbocycles. The molecule has 218 valence electrons. The van der Waals surface area contributed by atoms with E-state index >= 15 is 4.39 Å². The second-order valence-electron chi connectivity index (χ2n) is 12.1. The Balaban J connectivity index is 1.68. The number of nitrogens with zero attached hydrogens (tertiary/aromatic N) is 1. The van der Waals surface area contributed by atoms with Crippen LogP contribution in [0, 0.1) is 23.6 Å². The van der Waals surface area contributed by atoms with Crippen LogP contribution in [-0.2, 0) is 27.2 Å². The predicted molar refractivity (Wildman–Crippen MR) is 149 cm³/mol. The van der Waals surface area contributed by atoms with Crippen molar-refractivity contribution in [1.29, 1.82) is 0 Å². The van der Waals surface area contributed by atoms with Gasteiger partial charge in [0.2, 0.25) is 5.78 Å². The topological polar surface area (TPSA) is 161 Å². The van der Waals surface area contributed by atoms with Crippen LogP contribution < -0.4 is 5.73 Å². The normalized spacial score (nSPS) is 26.1. The first-order chi connectivity index (χ1) is 19.2. The van der Waals surface area contributed by atoms with Gasteiger partial charge in [0.1, 0.15) is 28.7 Å². The van der Waals surface area contributed by atoms with E-state index in [1.807, 2.05) is 6.07 Å². The number of phenolic OH excluding ortho intramolecular Hbond substituents is 1. The van der Waals surface area contributed by atoms with Crippen LogP contribution in [-0.4, -0.2) is 68.5 Å². The molecule has 1 amide bonds. The summed E-state index contributed by atoms with van der Waals surface area (Å²) in [5.74, 6) is -7.68. The monoisotopic (exact) mass is 566 g/mol. The van der Waals surface area contributed by atoms with Crippen LogP contribution in [0.1, 0.15) is 49.8 Å². The summed E-state index contributed by atoms with van der Waals surface area (Å²) in [5.41, 5.74) is 2.09. The number of primary amides is 1. The highest BCUT2D eigenvalue weighted by atomic mass is 19.1. The summed E-state index contributed by atoms with van der Waals surface area (Å²) in [4.78, 5) is 40.7. The van der Waals surface area contributed by atoms with E-state index in [1.54, 1.807) is 12.1 Å². The van der Waals surface area contributed by atoms with E-state index in [2.05, 4.69) is 13.8 Å². The Morgan fingerprint density at radius 1 is 1.17 bits per heavy atom. The van der Waals surface area contributed by atoms with E-state index in [0.29, 0.717) is 12.3 Å². The minimum atomic E-state index is -2.74. The molecule has 0 heterocycles. The minimum absolute atomic E-state index is 0.0215. The molecule has 1 fully saturated rings. The van der Waals surface area contributed by atoms with Crippen LogP contribution in [0.15, 0.2) is 35.1 Å². The molecule has 0 saturated heterocycles. The third-order valence-corrected chi connectivity index (χ3v) is 8.94. The molecule has 5 rings (SSSR count). The van der Waals surface area contributed by atoms with E-state index in [4.69, 9.17) is 5.73 Å². The quantitative estimate of drug-likeness (QED) is 0.333. The number of aliphatic hydroxyl groups excluding tert-OH is 2. The Morgan fingerprint density at radius 3 is 2.46 bits per heavy atom. The van der Waals surface area contributed by atoms with Crippen molar-refractivity contribution in [2.24, 2.45) is 23.5 Å². The largest absolute Gasteiger partial charge is 0.508 e. The number of amides is 1. The van der Waals surface area contributed by atoms with E-state index in [0.717, 1.165) is 18.4 Å². The van der Waals surface area contributed by atoms with Crippen molar-refractivity contribution in [2.45, 2.75) is 57.6 Å². The van der Waals surface area contributed by atoms with Crippen LogP contribution >= 0.6 is 0 Å². The lowest BCUT2D eigenvalue weighted by Crippen LogP contribution is -2.65. The van der Waals surface area contributed by atoms with Gasteiger partial charge in [-0.15, -0.1) is 0 Å². The van der Waals surface area contributed by atoms with Gasteiger partial charge in [0.05, 0.1) is 11.6 Å². The lowest BCUT2D eigenvalue weighted by molar-refractivity contribution is -0.153. The molecule has 2 aromatic rings. The van der Waals surface area contributed by atoms with Crippen molar-refractivity contribution in [3.05, 3.63) is 57.6 Å². The summed E-state index contributed by atoms with van der Waals surface area (Å²) in [6, 6.07) is 3.89. The maximum Gasteiger partial charge on any atom is 0.255 e. The Morgan fingerprint density at radius 2 is 1.85 bits per heavy atom. The lowest BCUT2D eigenvalue weighted by Gasteiger charge is -2.50. The smallest absolute Gasteiger partial charge is 0.255 e. The first-order valence-corrected chi connectivity index (χ1v) is 13.8. The number of Topliss-reactive ketones (excluding diaryl/α,β-unsaturated/α-hetero) is 2. The molecular weight excluding hydrogens is 531 g/mol. The zero-order valence-electron chi connectivity index (χ0n) is 23.5. The van der Waals surface area contributed by atoms with Gasteiger partial charge in [0.25, 0.3) is 5.91 Å². The zero-order valence-corrected chi connectivity index (χ0v) is 23.5. The number of carbonyl (C=O) groups is 3. The fourth-order valence-corrected chi connectivity index (χ4v) is 6.98. The van der Waals surface area contributed by atoms with E-state index in [9.17, 15) is 34.8 Å². The summed E-state index contributed by atoms with van der Waals surface area (Å²) in [5, 5.41) is 45.7. The number of ketones is 2. The number of hydrogen-bond donors (Lipinski definition) is 5. The van der Waals surface area contributed by atoms with Crippen molar-refractivity contribution < 1.29 is 39.2 Å². The summed E-state index contributed by atoms with van der Waals surface area (Å²) >= 11 is 0. The standard InChI is InChI=1S/C31H35FN2O7/c1-13(2)6-5-7-14-8-9-16-17(10-14)25(35)21-18(23(16)32)11-15-12-19-24(34(3)4)27(37)22(30(33)40)29(39)31(19,41)28(38)20(15)26(21)36/h8-10,13,15,19,24,35-36,39,41H,5-7,11-12H2,1-4H3,(H2,33,40)/t15-,19-,24-,31-/m0/s1.